The highest BCUT2D eigenvalue weighted by Gasteiger charge is 2.17. The topological polar surface area (TPSA) is 62.1 Å². The molecule has 0 aliphatic heterocycles. The zero-order chi connectivity index (χ0) is 20.4. The minimum absolute atomic E-state index is 0.358. The molecule has 7 heteroatoms. The Labute approximate surface area is 168 Å². The molecule has 0 fully saturated rings. The summed E-state index contributed by atoms with van der Waals surface area (Å²) in [6.07, 6.45) is 0. The first-order chi connectivity index (χ1) is 13.4. The number of fused-ring (bicyclic) bond motifs is 1. The number of amides is 1. The van der Waals surface area contributed by atoms with Crippen molar-refractivity contribution < 1.29 is 19.0 Å². The van der Waals surface area contributed by atoms with E-state index in [1.54, 1.807) is 12.1 Å². The quantitative estimate of drug-likeness (QED) is 0.647. The van der Waals surface area contributed by atoms with Crippen LogP contribution in [0.15, 0.2) is 29.3 Å². The summed E-state index contributed by atoms with van der Waals surface area (Å²) in [5.74, 6) is 0.931. The largest absolute Gasteiger partial charge is 0.493 e. The van der Waals surface area contributed by atoms with Crippen LogP contribution < -0.4 is 19.0 Å². The first kappa shape index (κ1) is 19.9. The first-order valence-electron chi connectivity index (χ1n) is 8.93. The number of rotatable bonds is 5. The van der Waals surface area contributed by atoms with Gasteiger partial charge in [0.25, 0.3) is 5.91 Å². The molecule has 6 nitrogen and oxygen atoms in total. The lowest BCUT2D eigenvalue weighted by molar-refractivity contribution is 0.0997. The highest BCUT2D eigenvalue weighted by Crippen LogP contribution is 2.38. The van der Waals surface area contributed by atoms with Crippen molar-refractivity contribution in [3.8, 4) is 17.2 Å². The fraction of sp³-hybridized carbons (Fsp3) is 0.333. The number of aryl methyl sites for hydroxylation is 3. The molecule has 0 bridgehead atoms. The zero-order valence-corrected chi connectivity index (χ0v) is 17.8. The monoisotopic (exact) mass is 400 g/mol. The molecule has 0 saturated carbocycles. The standard InChI is InChI=1S/C21H24N2O4S/c1-7-23-17-12(2)8-9-13(3)19(17)28-21(23)22-20(24)14-10-15(25-4)18(27-6)16(11-14)26-5/h8-11H,7H2,1-6H3. The molecule has 1 heterocycles. The lowest BCUT2D eigenvalue weighted by Gasteiger charge is -2.12. The highest BCUT2D eigenvalue weighted by atomic mass is 32.1. The van der Waals surface area contributed by atoms with E-state index in [4.69, 9.17) is 14.2 Å². The smallest absolute Gasteiger partial charge is 0.279 e. The Balaban J connectivity index is 2.19. The Morgan fingerprint density at radius 3 is 2.18 bits per heavy atom. The lowest BCUT2D eigenvalue weighted by atomic mass is 10.1. The van der Waals surface area contributed by atoms with Gasteiger partial charge in [0.05, 0.1) is 31.5 Å². The molecule has 0 saturated heterocycles. The van der Waals surface area contributed by atoms with Gasteiger partial charge in [-0.1, -0.05) is 23.5 Å². The third kappa shape index (κ3) is 3.38. The van der Waals surface area contributed by atoms with E-state index in [2.05, 4.69) is 42.5 Å². The minimum Gasteiger partial charge on any atom is -0.493 e. The van der Waals surface area contributed by atoms with E-state index in [1.807, 2.05) is 0 Å². The van der Waals surface area contributed by atoms with E-state index >= 15 is 0 Å². The van der Waals surface area contributed by atoms with Crippen molar-refractivity contribution in [1.29, 1.82) is 0 Å². The first-order valence-corrected chi connectivity index (χ1v) is 9.75. The maximum atomic E-state index is 12.9. The van der Waals surface area contributed by atoms with Crippen LogP contribution in [-0.4, -0.2) is 31.8 Å². The van der Waals surface area contributed by atoms with Gasteiger partial charge >= 0.3 is 0 Å². The second kappa shape index (κ2) is 8.06. The summed E-state index contributed by atoms with van der Waals surface area (Å²) in [7, 11) is 4.56. The van der Waals surface area contributed by atoms with Gasteiger partial charge in [-0.05, 0) is 44.0 Å². The Morgan fingerprint density at radius 1 is 1.04 bits per heavy atom. The number of hydrogen-bond acceptors (Lipinski definition) is 5. The van der Waals surface area contributed by atoms with Gasteiger partial charge in [0.1, 0.15) is 0 Å². The molecule has 148 valence electrons. The third-order valence-electron chi connectivity index (χ3n) is 4.65. The Morgan fingerprint density at radius 2 is 1.64 bits per heavy atom. The van der Waals surface area contributed by atoms with E-state index in [9.17, 15) is 4.79 Å². The van der Waals surface area contributed by atoms with Crippen molar-refractivity contribution in [2.75, 3.05) is 21.3 Å². The van der Waals surface area contributed by atoms with E-state index < -0.39 is 0 Å². The van der Waals surface area contributed by atoms with Gasteiger partial charge in [-0.15, -0.1) is 0 Å². The van der Waals surface area contributed by atoms with Crippen LogP contribution >= 0.6 is 11.3 Å². The molecular formula is C21H24N2O4S. The Bertz CT molecular complexity index is 1090. The SMILES string of the molecule is CCn1c(=NC(=O)c2cc(OC)c(OC)c(OC)c2)sc2c(C)ccc(C)c21. The molecule has 1 amide bonds. The lowest BCUT2D eigenvalue weighted by Crippen LogP contribution is -2.16. The van der Waals surface area contributed by atoms with Gasteiger partial charge in [0.15, 0.2) is 16.3 Å². The number of ether oxygens (including phenoxy) is 3. The summed E-state index contributed by atoms with van der Waals surface area (Å²) in [5.41, 5.74) is 3.85. The third-order valence-corrected chi connectivity index (χ3v) is 5.86. The van der Waals surface area contributed by atoms with Crippen LogP contribution in [0.5, 0.6) is 17.2 Å². The van der Waals surface area contributed by atoms with Crippen LogP contribution in [0, 0.1) is 13.8 Å². The Kier molecular flexibility index (Phi) is 5.74. The predicted octanol–water partition coefficient (Wildman–Crippen LogP) is 4.11. The number of aromatic nitrogens is 1. The summed E-state index contributed by atoms with van der Waals surface area (Å²) >= 11 is 1.53. The van der Waals surface area contributed by atoms with Crippen molar-refractivity contribution in [1.82, 2.24) is 4.57 Å². The number of nitrogens with zero attached hydrogens (tertiary/aromatic N) is 2. The average Bonchev–Trinajstić information content (AvgIpc) is 3.08. The molecule has 1 aromatic heterocycles. The number of hydrogen-bond donors (Lipinski definition) is 0. The van der Waals surface area contributed by atoms with Gasteiger partial charge in [-0.25, -0.2) is 0 Å². The van der Waals surface area contributed by atoms with Crippen LogP contribution in [0.1, 0.15) is 28.4 Å². The minimum atomic E-state index is -0.358. The maximum absolute atomic E-state index is 12.9. The maximum Gasteiger partial charge on any atom is 0.279 e. The molecule has 0 spiro atoms. The van der Waals surface area contributed by atoms with Crippen LogP contribution in [0.3, 0.4) is 0 Å². The molecule has 0 atom stereocenters. The number of carbonyl (C=O) groups excluding carboxylic acids is 1. The van der Waals surface area contributed by atoms with E-state index in [1.165, 1.54) is 43.8 Å². The number of carbonyl (C=O) groups is 1. The molecular weight excluding hydrogens is 376 g/mol. The summed E-state index contributed by atoms with van der Waals surface area (Å²) in [6.45, 7) is 6.93. The van der Waals surface area contributed by atoms with Crippen LogP contribution in [0.4, 0.5) is 0 Å². The van der Waals surface area contributed by atoms with Gasteiger partial charge in [-0.2, -0.15) is 4.99 Å². The number of benzene rings is 2. The molecule has 0 radical (unpaired) electrons. The molecule has 0 unspecified atom stereocenters. The van der Waals surface area contributed by atoms with Crippen molar-refractivity contribution in [2.24, 2.45) is 4.99 Å². The Hall–Kier alpha value is -2.80. The molecule has 3 rings (SSSR count). The normalized spacial score (nSPS) is 11.7. The van der Waals surface area contributed by atoms with Gasteiger partial charge in [0, 0.05) is 12.1 Å². The number of methoxy groups -OCH3 is 3. The number of thiazole rings is 1. The van der Waals surface area contributed by atoms with Crippen LogP contribution in [0.25, 0.3) is 10.2 Å². The zero-order valence-electron chi connectivity index (χ0n) is 17.0. The van der Waals surface area contributed by atoms with Crippen molar-refractivity contribution in [2.45, 2.75) is 27.3 Å². The molecule has 2 aromatic carbocycles. The van der Waals surface area contributed by atoms with Crippen molar-refractivity contribution in [3.63, 3.8) is 0 Å². The van der Waals surface area contributed by atoms with Crippen LogP contribution in [0.2, 0.25) is 0 Å². The van der Waals surface area contributed by atoms with Gasteiger partial charge in [0.2, 0.25) is 5.75 Å². The predicted molar refractivity (Wildman–Crippen MR) is 111 cm³/mol. The second-order valence-corrected chi connectivity index (χ2v) is 7.31. The average molecular weight is 401 g/mol. The molecule has 0 aliphatic carbocycles. The molecule has 0 N–H and O–H groups in total. The highest BCUT2D eigenvalue weighted by molar-refractivity contribution is 7.16. The fourth-order valence-corrected chi connectivity index (χ4v) is 4.45. The summed E-state index contributed by atoms with van der Waals surface area (Å²) in [6, 6.07) is 7.43. The van der Waals surface area contributed by atoms with E-state index in [-0.39, 0.29) is 5.91 Å². The fourth-order valence-electron chi connectivity index (χ4n) is 3.21. The van der Waals surface area contributed by atoms with E-state index in [0.29, 0.717) is 27.6 Å². The van der Waals surface area contributed by atoms with Gasteiger partial charge in [-0.3, -0.25) is 4.79 Å². The summed E-state index contributed by atoms with van der Waals surface area (Å²) in [5, 5.41) is 0. The second-order valence-electron chi connectivity index (χ2n) is 6.34. The van der Waals surface area contributed by atoms with Crippen LogP contribution in [-0.2, 0) is 6.54 Å². The summed E-state index contributed by atoms with van der Waals surface area (Å²) in [4.78, 5) is 18.0. The molecule has 28 heavy (non-hydrogen) atoms. The molecule has 3 aromatic rings. The molecule has 0 aliphatic rings. The van der Waals surface area contributed by atoms with E-state index in [0.717, 1.165) is 16.8 Å². The van der Waals surface area contributed by atoms with Gasteiger partial charge < -0.3 is 18.8 Å². The van der Waals surface area contributed by atoms with Crippen molar-refractivity contribution >= 4 is 27.5 Å². The van der Waals surface area contributed by atoms with Crippen molar-refractivity contribution in [3.05, 3.63) is 45.8 Å². The summed E-state index contributed by atoms with van der Waals surface area (Å²) < 4.78 is 19.2.